The first-order valence-electron chi connectivity index (χ1n) is 8.99. The van der Waals surface area contributed by atoms with Gasteiger partial charge in [0.05, 0.1) is 12.5 Å². The summed E-state index contributed by atoms with van der Waals surface area (Å²) < 4.78 is 16.9. The molecule has 0 radical (unpaired) electrons. The monoisotopic (exact) mass is 518 g/mol. The number of nitrogens with one attached hydrogen (secondary N) is 1. The van der Waals surface area contributed by atoms with Crippen LogP contribution in [0, 0.1) is 17.4 Å². The molecule has 0 fully saturated rings. The van der Waals surface area contributed by atoms with Gasteiger partial charge in [-0.1, -0.05) is 0 Å². The number of hydrogen-bond acceptors (Lipinski definition) is 6. The first kappa shape index (κ1) is 21.6. The Balaban J connectivity index is 1.48. The van der Waals surface area contributed by atoms with Crippen molar-refractivity contribution in [1.82, 2.24) is 5.43 Å². The third-order valence-electron chi connectivity index (χ3n) is 3.99. The minimum Gasteiger partial charge on any atom is -0.483 e. The molecule has 2 aromatic carbocycles. The van der Waals surface area contributed by atoms with Crippen molar-refractivity contribution in [1.29, 1.82) is 0 Å². The van der Waals surface area contributed by atoms with Gasteiger partial charge in [-0.15, -0.1) is 0 Å². The van der Waals surface area contributed by atoms with Gasteiger partial charge in [-0.25, -0.2) is 10.2 Å². The van der Waals surface area contributed by atoms with Crippen LogP contribution in [0.4, 0.5) is 0 Å². The van der Waals surface area contributed by atoms with Gasteiger partial charge >= 0.3 is 5.97 Å². The fraction of sp³-hybridized carbons (Fsp3) is 0.136. The molecule has 1 aromatic heterocycles. The summed E-state index contributed by atoms with van der Waals surface area (Å²) in [6, 6.07) is 13.8. The summed E-state index contributed by atoms with van der Waals surface area (Å²) in [7, 11) is 0. The van der Waals surface area contributed by atoms with Gasteiger partial charge in [-0.2, -0.15) is 5.10 Å². The molecule has 0 spiro atoms. The third kappa shape index (κ3) is 5.93. The largest absolute Gasteiger partial charge is 0.483 e. The Hall–Kier alpha value is -3.14. The molecular weight excluding hydrogens is 499 g/mol. The number of carbonyl (C=O) groups is 2. The number of ether oxygens (including phenoxy) is 2. The van der Waals surface area contributed by atoms with Gasteiger partial charge in [0.25, 0.3) is 5.91 Å². The molecule has 0 bridgehead atoms. The molecule has 0 atom stereocenters. The summed E-state index contributed by atoms with van der Waals surface area (Å²) in [5.41, 5.74) is 5.10. The first-order chi connectivity index (χ1) is 14.4. The predicted molar refractivity (Wildman–Crippen MR) is 120 cm³/mol. The number of benzene rings is 2. The molecule has 0 saturated carbocycles. The van der Waals surface area contributed by atoms with Crippen LogP contribution in [-0.2, 0) is 4.79 Å². The van der Waals surface area contributed by atoms with E-state index in [2.05, 4.69) is 33.1 Å². The van der Waals surface area contributed by atoms with E-state index < -0.39 is 5.97 Å². The van der Waals surface area contributed by atoms with Gasteiger partial charge in [-0.05, 0) is 102 Å². The van der Waals surface area contributed by atoms with Crippen LogP contribution in [0.1, 0.15) is 27.2 Å². The minimum absolute atomic E-state index is 0.126. The molecule has 7 nitrogen and oxygen atoms in total. The van der Waals surface area contributed by atoms with E-state index >= 15 is 0 Å². The maximum absolute atomic E-state index is 12.0. The Morgan fingerprint density at radius 2 is 1.83 bits per heavy atom. The van der Waals surface area contributed by atoms with Gasteiger partial charge < -0.3 is 13.9 Å². The normalized spacial score (nSPS) is 10.8. The molecule has 0 aliphatic carbocycles. The van der Waals surface area contributed by atoms with Crippen molar-refractivity contribution in [3.63, 3.8) is 0 Å². The van der Waals surface area contributed by atoms with Crippen molar-refractivity contribution in [3.8, 4) is 11.5 Å². The van der Waals surface area contributed by atoms with Crippen molar-refractivity contribution in [2.45, 2.75) is 13.8 Å². The van der Waals surface area contributed by atoms with Crippen LogP contribution in [0.5, 0.6) is 11.5 Å². The topological polar surface area (TPSA) is 90.1 Å². The number of amides is 1. The summed E-state index contributed by atoms with van der Waals surface area (Å²) >= 11 is 2.24. The smallest absolute Gasteiger partial charge is 0.379 e. The lowest BCUT2D eigenvalue weighted by molar-refractivity contribution is -0.123. The molecule has 3 rings (SSSR count). The number of hydrogen-bond donors (Lipinski definition) is 1. The van der Waals surface area contributed by atoms with Gasteiger partial charge in [-0.3, -0.25) is 4.79 Å². The zero-order valence-electron chi connectivity index (χ0n) is 16.3. The second-order valence-electron chi connectivity index (χ2n) is 6.39. The number of rotatable bonds is 7. The van der Waals surface area contributed by atoms with Gasteiger partial charge in [0, 0.05) is 3.57 Å². The molecule has 30 heavy (non-hydrogen) atoms. The van der Waals surface area contributed by atoms with Crippen molar-refractivity contribution < 1.29 is 23.5 Å². The number of furan rings is 1. The summed E-state index contributed by atoms with van der Waals surface area (Å²) in [6.45, 7) is 3.74. The molecule has 1 N–H and O–H groups in total. The van der Waals surface area contributed by atoms with Crippen LogP contribution in [-0.4, -0.2) is 24.7 Å². The van der Waals surface area contributed by atoms with Gasteiger partial charge in [0.15, 0.2) is 6.61 Å². The van der Waals surface area contributed by atoms with Gasteiger partial charge in [0.1, 0.15) is 11.5 Å². The fourth-order valence-electron chi connectivity index (χ4n) is 2.65. The Kier molecular flexibility index (Phi) is 7.23. The number of esters is 1. The molecule has 8 heteroatoms. The highest BCUT2D eigenvalue weighted by Crippen LogP contribution is 2.25. The highest BCUT2D eigenvalue weighted by atomic mass is 127. The lowest BCUT2D eigenvalue weighted by Crippen LogP contribution is -2.25. The molecular formula is C22H19IN2O5. The zero-order valence-corrected chi connectivity index (χ0v) is 18.5. The van der Waals surface area contributed by atoms with E-state index in [0.29, 0.717) is 11.5 Å². The lowest BCUT2D eigenvalue weighted by Gasteiger charge is -2.11. The van der Waals surface area contributed by atoms with E-state index in [1.807, 2.05) is 26.0 Å². The maximum atomic E-state index is 12.0. The number of aryl methyl sites for hydroxylation is 2. The van der Waals surface area contributed by atoms with E-state index in [0.717, 1.165) is 20.3 Å². The quantitative estimate of drug-likeness (QED) is 0.166. The van der Waals surface area contributed by atoms with E-state index in [1.54, 1.807) is 30.3 Å². The minimum atomic E-state index is -0.577. The van der Waals surface area contributed by atoms with Crippen molar-refractivity contribution in [3.05, 3.63) is 80.8 Å². The molecule has 0 aliphatic heterocycles. The van der Waals surface area contributed by atoms with E-state index in [1.165, 1.54) is 18.5 Å². The second-order valence-corrected chi connectivity index (χ2v) is 7.63. The van der Waals surface area contributed by atoms with Crippen LogP contribution >= 0.6 is 22.6 Å². The average Bonchev–Trinajstić information content (AvgIpc) is 3.23. The third-order valence-corrected chi connectivity index (χ3v) is 4.61. The van der Waals surface area contributed by atoms with E-state index in [-0.39, 0.29) is 18.3 Å². The molecule has 154 valence electrons. The predicted octanol–water partition coefficient (Wildman–Crippen LogP) is 4.25. The number of carbonyl (C=O) groups excluding carboxylic acids is 2. The number of hydrazone groups is 1. The maximum Gasteiger partial charge on any atom is 0.379 e. The van der Waals surface area contributed by atoms with Gasteiger partial charge in [0.2, 0.25) is 5.76 Å². The summed E-state index contributed by atoms with van der Waals surface area (Å²) in [5, 5.41) is 3.92. The van der Waals surface area contributed by atoms with Crippen molar-refractivity contribution >= 4 is 40.7 Å². The summed E-state index contributed by atoms with van der Waals surface area (Å²) in [5.74, 6) is 0.254. The average molecular weight is 518 g/mol. The zero-order chi connectivity index (χ0) is 21.5. The van der Waals surface area contributed by atoms with Crippen LogP contribution in [0.25, 0.3) is 0 Å². The summed E-state index contributed by atoms with van der Waals surface area (Å²) in [4.78, 5) is 23.8. The fourth-order valence-corrected chi connectivity index (χ4v) is 3.58. The second kappa shape index (κ2) is 10.1. The standard InChI is InChI=1S/C22H19IN2O5/c1-14-10-17(23)11-15(2)21(14)29-13-20(26)25-24-12-16-5-7-18(8-6-16)30-22(27)19-4-3-9-28-19/h3-12H,13H2,1-2H3,(H,25,26). The Morgan fingerprint density at radius 1 is 1.13 bits per heavy atom. The number of halogens is 1. The molecule has 1 amide bonds. The van der Waals surface area contributed by atoms with Crippen LogP contribution in [0.2, 0.25) is 0 Å². The first-order valence-corrected chi connectivity index (χ1v) is 10.1. The van der Waals surface area contributed by atoms with E-state index in [9.17, 15) is 9.59 Å². The number of nitrogens with zero attached hydrogens (tertiary/aromatic N) is 1. The lowest BCUT2D eigenvalue weighted by atomic mass is 10.1. The Labute approximate surface area is 187 Å². The highest BCUT2D eigenvalue weighted by Gasteiger charge is 2.11. The highest BCUT2D eigenvalue weighted by molar-refractivity contribution is 14.1. The molecule has 1 heterocycles. The molecule has 0 saturated heterocycles. The summed E-state index contributed by atoms with van der Waals surface area (Å²) in [6.07, 6.45) is 2.88. The van der Waals surface area contributed by atoms with Crippen molar-refractivity contribution in [2.75, 3.05) is 6.61 Å². The van der Waals surface area contributed by atoms with Crippen molar-refractivity contribution in [2.24, 2.45) is 5.10 Å². The van der Waals surface area contributed by atoms with Crippen LogP contribution in [0.3, 0.4) is 0 Å². The van der Waals surface area contributed by atoms with Crippen LogP contribution < -0.4 is 14.9 Å². The SMILES string of the molecule is Cc1cc(I)cc(C)c1OCC(=O)NN=Cc1ccc(OC(=O)c2ccco2)cc1. The molecule has 3 aromatic rings. The van der Waals surface area contributed by atoms with E-state index in [4.69, 9.17) is 13.9 Å². The van der Waals surface area contributed by atoms with Crippen LogP contribution in [0.15, 0.2) is 64.3 Å². The molecule has 0 unspecified atom stereocenters. The Morgan fingerprint density at radius 3 is 2.47 bits per heavy atom. The Bertz CT molecular complexity index is 1040. The molecule has 0 aliphatic rings.